The fourth-order valence-electron chi connectivity index (χ4n) is 9.26. The first-order valence-electron chi connectivity index (χ1n) is 28.5. The first kappa shape index (κ1) is 71.6. The fourth-order valence-corrected chi connectivity index (χ4v) is 9.26. The molecule has 0 radical (unpaired) electrons. The molecule has 23 nitrogen and oxygen atoms in total. The van der Waals surface area contributed by atoms with Crippen molar-refractivity contribution >= 4 is 53.9 Å². The van der Waals surface area contributed by atoms with Crippen LogP contribution in [0.25, 0.3) is 0 Å². The summed E-state index contributed by atoms with van der Waals surface area (Å²) < 4.78 is 25.9. The molecular formula is C59H96N6O17. The highest BCUT2D eigenvalue weighted by Gasteiger charge is 2.63. The Labute approximate surface area is 484 Å². The summed E-state index contributed by atoms with van der Waals surface area (Å²) in [4.78, 5) is 114. The van der Waals surface area contributed by atoms with E-state index in [1.54, 1.807) is 88.3 Å². The van der Waals surface area contributed by atoms with Crippen LogP contribution in [0, 0.1) is 11.8 Å². The van der Waals surface area contributed by atoms with Gasteiger partial charge in [-0.15, -0.1) is 26.3 Å². The van der Waals surface area contributed by atoms with Crippen LogP contribution in [0.5, 0.6) is 0 Å². The minimum atomic E-state index is -1.21. The maximum Gasteiger partial charge on any atom is 0.411 e. The lowest BCUT2D eigenvalue weighted by Crippen LogP contribution is -2.56. The molecule has 4 fully saturated rings. The van der Waals surface area contributed by atoms with E-state index in [-0.39, 0.29) is 51.0 Å². The van der Waals surface area contributed by atoms with Crippen LogP contribution >= 0.6 is 0 Å². The van der Waals surface area contributed by atoms with Crippen LogP contribution in [0.15, 0.2) is 50.6 Å². The summed E-state index contributed by atoms with van der Waals surface area (Å²) in [5.74, 6) is -4.12. The van der Waals surface area contributed by atoms with Crippen LogP contribution in [0.4, 0.5) is 14.4 Å². The number of hydrogen-bond donors (Lipinski definition) is 7. The maximum absolute atomic E-state index is 13.6. The van der Waals surface area contributed by atoms with Gasteiger partial charge in [-0.25, -0.2) is 28.8 Å². The van der Waals surface area contributed by atoms with Crippen molar-refractivity contribution in [1.29, 1.82) is 0 Å². The molecule has 2 heterocycles. The molecule has 0 bridgehead atoms. The van der Waals surface area contributed by atoms with Gasteiger partial charge < -0.3 is 65.2 Å². The molecule has 1 unspecified atom stereocenters. The second kappa shape index (κ2) is 32.4. The van der Waals surface area contributed by atoms with Gasteiger partial charge in [-0.3, -0.25) is 19.3 Å². The molecule has 4 rings (SSSR count). The van der Waals surface area contributed by atoms with Crippen LogP contribution < -0.4 is 21.3 Å². The van der Waals surface area contributed by atoms with Crippen LogP contribution in [0.2, 0.25) is 0 Å². The number of aliphatic carboxylic acids is 1. The van der Waals surface area contributed by atoms with E-state index in [9.17, 15) is 53.4 Å². The minimum Gasteiger partial charge on any atom is -0.480 e. The number of alkyl carbamates (subject to hydrolysis) is 2. The second-order valence-corrected chi connectivity index (χ2v) is 24.0. The summed E-state index contributed by atoms with van der Waals surface area (Å²) in [6.45, 7) is 34.0. The third kappa shape index (κ3) is 23.4. The summed E-state index contributed by atoms with van der Waals surface area (Å²) in [6.07, 6.45) is 11.5. The summed E-state index contributed by atoms with van der Waals surface area (Å²) in [7, 11) is 0. The standard InChI is InChI=1S/C27H43N3O7.C18H28N2O6.C14H25NO4/c1-7-10-11-12-13-14-20(28-25(35)37-26(4,5)6)23(33)30-17-19(31)15-21(30)22(32)29-27(16-18(27)8-2)24(34)36-9-3;1-6-11-9-18(11,15(23)25-7-2)19-14(22)13-8-12(21)10-20(13)16(24)26-17(3,4)5;1-5-6-7-8-9-10-11(12(16)17)15-13(18)19-14(2,3)4/h7-8,18-21,31H,1-2,9-17H2,3-6H3,(H,28,35)(H,29,32);6,11-13,21H,1,7-10H2,2-5H3,(H,19,22);5,11H,1,6-10H2,2-4H3,(H,15,18)(H,16,17)/t18-,19-,20+,21+,27-;11?,12-,13+,18-;11-/m110/s1. The lowest BCUT2D eigenvalue weighted by Gasteiger charge is -2.30. The molecule has 2 aliphatic heterocycles. The number of likely N-dealkylation sites (tertiary alicyclic amines) is 2. The molecule has 6 amide bonds. The summed E-state index contributed by atoms with van der Waals surface area (Å²) >= 11 is 0. The predicted octanol–water partition coefficient (Wildman–Crippen LogP) is 6.68. The molecule has 2 saturated heterocycles. The summed E-state index contributed by atoms with van der Waals surface area (Å²) in [5, 5.41) is 39.9. The number of rotatable bonds is 26. The number of allylic oxidation sites excluding steroid dienone is 2. The van der Waals surface area contributed by atoms with Crippen molar-refractivity contribution in [3.05, 3.63) is 50.6 Å². The SMILES string of the molecule is C=CC1C[C@]1(NC(=O)[C@@H]1C[C@@H](O)CN1C(=O)OC(C)(C)C)C(=O)OCC.C=CCCCCC[C@H](NC(=O)OC(C)(C)C)C(=O)N1C[C@H](O)C[C@H]1C(=O)N[C@]1(C(=O)OCC)C[C@H]1C=C.C=CCCCCC[C@H](NC(=O)OC(C)(C)C)C(=O)O. The van der Waals surface area contributed by atoms with Gasteiger partial charge in [0.1, 0.15) is 52.0 Å². The van der Waals surface area contributed by atoms with Gasteiger partial charge in [0.25, 0.3) is 0 Å². The van der Waals surface area contributed by atoms with Gasteiger partial charge >= 0.3 is 36.2 Å². The number of unbranched alkanes of at least 4 members (excludes halogenated alkanes) is 6. The van der Waals surface area contributed by atoms with Crippen LogP contribution in [-0.2, 0) is 52.5 Å². The Morgan fingerprint density at radius 1 is 0.573 bits per heavy atom. The maximum atomic E-state index is 13.6. The molecule has 2 saturated carbocycles. The van der Waals surface area contributed by atoms with Crippen molar-refractivity contribution in [3.63, 3.8) is 0 Å². The predicted molar refractivity (Wildman–Crippen MR) is 306 cm³/mol. The van der Waals surface area contributed by atoms with Crippen molar-refractivity contribution in [2.45, 2.75) is 230 Å². The Morgan fingerprint density at radius 3 is 1.30 bits per heavy atom. The monoisotopic (exact) mass is 1160 g/mol. The molecule has 82 heavy (non-hydrogen) atoms. The van der Waals surface area contributed by atoms with Crippen molar-refractivity contribution in [3.8, 4) is 0 Å². The number of β-amino-alcohol motifs (C(OH)–C–C–N with tert-alkyl or cyclic N) is 2. The zero-order valence-electron chi connectivity index (χ0n) is 50.4. The molecule has 464 valence electrons. The quantitative estimate of drug-likeness (QED) is 0.0205. The Kier molecular flexibility index (Phi) is 28.3. The molecule has 0 aromatic heterocycles. The van der Waals surface area contributed by atoms with Gasteiger partial charge in [0.2, 0.25) is 17.7 Å². The van der Waals surface area contributed by atoms with E-state index in [4.69, 9.17) is 28.8 Å². The lowest BCUT2D eigenvalue weighted by atomic mass is 10.0. The topological polar surface area (TPSA) is 315 Å². The molecule has 10 atom stereocenters. The molecule has 7 N–H and O–H groups in total. The average Bonchev–Trinajstić information content (AvgIpc) is 3.37. The number of amides is 6. The van der Waals surface area contributed by atoms with Crippen LogP contribution in [-0.4, -0.2) is 170 Å². The van der Waals surface area contributed by atoms with E-state index < -0.39 is 118 Å². The number of carbonyl (C=O) groups excluding carboxylic acids is 8. The Bertz CT molecular complexity index is 2240. The molecule has 2 aliphatic carbocycles. The van der Waals surface area contributed by atoms with Crippen molar-refractivity contribution in [2.24, 2.45) is 11.8 Å². The molecule has 0 aromatic rings. The minimum absolute atomic E-state index is 0.00426. The van der Waals surface area contributed by atoms with E-state index in [1.165, 1.54) is 9.80 Å². The second-order valence-electron chi connectivity index (χ2n) is 24.0. The number of aliphatic hydroxyl groups excluding tert-OH is 2. The summed E-state index contributed by atoms with van der Waals surface area (Å²) in [5.41, 5.74) is -4.45. The average molecular weight is 1160 g/mol. The number of hydrogen-bond acceptors (Lipinski definition) is 16. The first-order valence-corrected chi connectivity index (χ1v) is 28.5. The highest BCUT2D eigenvalue weighted by atomic mass is 16.6. The van der Waals surface area contributed by atoms with Crippen LogP contribution in [0.1, 0.15) is 166 Å². The third-order valence-corrected chi connectivity index (χ3v) is 13.4. The third-order valence-electron chi connectivity index (χ3n) is 13.4. The number of aliphatic hydroxyl groups is 2. The van der Waals surface area contributed by atoms with Gasteiger partial charge in [0.15, 0.2) is 0 Å². The molecular weight excluding hydrogens is 1060 g/mol. The van der Waals surface area contributed by atoms with E-state index in [1.807, 2.05) is 12.2 Å². The number of carboxylic acid groups (broad SMARTS) is 1. The van der Waals surface area contributed by atoms with Gasteiger partial charge in [-0.05, 0) is 128 Å². The van der Waals surface area contributed by atoms with Gasteiger partial charge in [0, 0.05) is 31.2 Å². The smallest absolute Gasteiger partial charge is 0.411 e. The Hall–Kier alpha value is -6.49. The highest BCUT2D eigenvalue weighted by Crippen LogP contribution is 2.47. The zero-order chi connectivity index (χ0) is 62.4. The van der Waals surface area contributed by atoms with Crippen molar-refractivity contribution in [2.75, 3.05) is 26.3 Å². The largest absolute Gasteiger partial charge is 0.480 e. The fraction of sp³-hybridized carbons (Fsp3) is 0.712. The first-order chi connectivity index (χ1) is 38.2. The molecule has 23 heteroatoms. The number of nitrogens with one attached hydrogen (secondary N) is 4. The molecule has 0 aromatic carbocycles. The Balaban J connectivity index is 0.000000446. The van der Waals surface area contributed by atoms with Gasteiger partial charge in [-0.1, -0.05) is 50.0 Å². The summed E-state index contributed by atoms with van der Waals surface area (Å²) in [6, 6.07) is -3.72. The zero-order valence-corrected chi connectivity index (χ0v) is 50.4. The molecule has 0 spiro atoms. The number of ether oxygens (including phenoxy) is 5. The number of carbonyl (C=O) groups is 9. The number of carboxylic acids is 1. The Morgan fingerprint density at radius 2 is 0.951 bits per heavy atom. The van der Waals surface area contributed by atoms with Gasteiger partial charge in [0.05, 0.1) is 32.0 Å². The van der Waals surface area contributed by atoms with Crippen molar-refractivity contribution in [1.82, 2.24) is 31.1 Å². The normalized spacial score (nSPS) is 24.1. The van der Waals surface area contributed by atoms with E-state index >= 15 is 0 Å². The highest BCUT2D eigenvalue weighted by molar-refractivity contribution is 5.97. The number of esters is 2. The van der Waals surface area contributed by atoms with E-state index in [2.05, 4.69) is 47.6 Å². The van der Waals surface area contributed by atoms with Crippen molar-refractivity contribution < 1.29 is 82.2 Å². The number of nitrogens with zero attached hydrogens (tertiary/aromatic N) is 2. The van der Waals surface area contributed by atoms with Gasteiger partial charge in [-0.2, -0.15) is 0 Å². The van der Waals surface area contributed by atoms with E-state index in [0.717, 1.165) is 44.9 Å². The molecule has 4 aliphatic rings. The van der Waals surface area contributed by atoms with Crippen LogP contribution in [0.3, 0.4) is 0 Å². The lowest BCUT2D eigenvalue weighted by molar-refractivity contribution is -0.150. The van der Waals surface area contributed by atoms with E-state index in [0.29, 0.717) is 32.1 Å².